The summed E-state index contributed by atoms with van der Waals surface area (Å²) in [5.41, 5.74) is 0.0900. The Morgan fingerprint density at radius 2 is 2.46 bits per heavy atom. The van der Waals surface area contributed by atoms with Crippen molar-refractivity contribution < 1.29 is 5.11 Å². The highest BCUT2D eigenvalue weighted by atomic mass is 16.3. The van der Waals surface area contributed by atoms with Crippen molar-refractivity contribution in [2.45, 2.75) is 24.9 Å². The van der Waals surface area contributed by atoms with Crippen LogP contribution in [0.4, 0.5) is 0 Å². The normalized spacial score (nSPS) is 27.8. The molecule has 0 fully saturated rings. The minimum absolute atomic E-state index is 0.788. The van der Waals surface area contributed by atoms with Gasteiger partial charge in [-0.1, -0.05) is 12.2 Å². The second-order valence-corrected chi connectivity index (χ2v) is 3.56. The van der Waals surface area contributed by atoms with Gasteiger partial charge in [-0.25, -0.2) is 0 Å². The summed E-state index contributed by atoms with van der Waals surface area (Å²) in [5.74, 6) is 0. The van der Waals surface area contributed by atoms with Crippen molar-refractivity contribution >= 4 is 0 Å². The molecule has 1 aromatic heterocycles. The van der Waals surface area contributed by atoms with E-state index in [1.54, 1.807) is 10.9 Å². The van der Waals surface area contributed by atoms with E-state index in [4.69, 9.17) is 0 Å². The number of nitrogens with zero attached hydrogens (tertiary/aromatic N) is 2. The van der Waals surface area contributed by atoms with Crippen LogP contribution in [0.5, 0.6) is 0 Å². The third-order valence-electron chi connectivity index (χ3n) is 2.59. The lowest BCUT2D eigenvalue weighted by Crippen LogP contribution is -2.27. The smallest absolute Gasteiger partial charge is 0.124 e. The third-order valence-corrected chi connectivity index (χ3v) is 2.59. The zero-order valence-corrected chi connectivity index (χ0v) is 7.77. The van der Waals surface area contributed by atoms with Gasteiger partial charge >= 0.3 is 0 Å². The van der Waals surface area contributed by atoms with E-state index in [9.17, 15) is 5.11 Å². The molecule has 0 amide bonds. The molecule has 13 heavy (non-hydrogen) atoms. The van der Waals surface area contributed by atoms with Crippen LogP contribution in [0.1, 0.15) is 25.0 Å². The minimum atomic E-state index is -0.788. The van der Waals surface area contributed by atoms with Gasteiger partial charge in [0.2, 0.25) is 0 Å². The summed E-state index contributed by atoms with van der Waals surface area (Å²) in [5, 5.41) is 14.3. The molecule has 0 bridgehead atoms. The van der Waals surface area contributed by atoms with Crippen LogP contribution in [0.2, 0.25) is 0 Å². The molecule has 0 radical (unpaired) electrons. The second-order valence-electron chi connectivity index (χ2n) is 3.56. The number of aromatic nitrogens is 2. The highest BCUT2D eigenvalue weighted by Crippen LogP contribution is 2.31. The second kappa shape index (κ2) is 3.00. The van der Waals surface area contributed by atoms with Crippen molar-refractivity contribution in [3.8, 4) is 0 Å². The molecule has 1 aliphatic rings. The summed E-state index contributed by atoms with van der Waals surface area (Å²) in [6, 6.07) is 1.87. The first-order valence-corrected chi connectivity index (χ1v) is 4.61. The van der Waals surface area contributed by atoms with Crippen molar-refractivity contribution in [2.24, 2.45) is 7.05 Å². The van der Waals surface area contributed by atoms with Gasteiger partial charge < -0.3 is 5.11 Å². The Hall–Kier alpha value is -1.09. The number of allylic oxidation sites excluding steroid dienone is 1. The fraction of sp³-hybridized carbons (Fsp3) is 0.500. The summed E-state index contributed by atoms with van der Waals surface area (Å²) in [4.78, 5) is 0. The van der Waals surface area contributed by atoms with E-state index in [-0.39, 0.29) is 0 Å². The van der Waals surface area contributed by atoms with E-state index in [1.165, 1.54) is 0 Å². The van der Waals surface area contributed by atoms with Crippen LogP contribution < -0.4 is 0 Å². The van der Waals surface area contributed by atoms with Crippen LogP contribution in [0.15, 0.2) is 24.4 Å². The zero-order valence-electron chi connectivity index (χ0n) is 7.77. The summed E-state index contributed by atoms with van der Waals surface area (Å²) < 4.78 is 1.73. The SMILES string of the molecule is Cn1nccc1C1(O)C=CCCC1. The first-order valence-electron chi connectivity index (χ1n) is 4.61. The van der Waals surface area contributed by atoms with E-state index in [1.807, 2.05) is 25.3 Å². The molecular weight excluding hydrogens is 164 g/mol. The lowest BCUT2D eigenvalue weighted by molar-refractivity contribution is 0.0640. The van der Waals surface area contributed by atoms with Gasteiger partial charge in [-0.2, -0.15) is 5.10 Å². The van der Waals surface area contributed by atoms with Gasteiger partial charge in [0.05, 0.1) is 5.69 Å². The highest BCUT2D eigenvalue weighted by molar-refractivity contribution is 5.21. The fourth-order valence-electron chi connectivity index (χ4n) is 1.86. The Labute approximate surface area is 77.7 Å². The topological polar surface area (TPSA) is 38.0 Å². The zero-order chi connectivity index (χ0) is 9.31. The largest absolute Gasteiger partial charge is 0.379 e. The number of aliphatic hydroxyl groups is 1. The maximum absolute atomic E-state index is 10.3. The molecule has 0 aromatic carbocycles. The number of rotatable bonds is 1. The first kappa shape index (κ1) is 8.51. The molecule has 1 unspecified atom stereocenters. The Bertz CT molecular complexity index is 329. The van der Waals surface area contributed by atoms with Gasteiger partial charge in [-0.3, -0.25) is 4.68 Å². The summed E-state index contributed by atoms with van der Waals surface area (Å²) in [6.07, 6.45) is 8.54. The minimum Gasteiger partial charge on any atom is -0.379 e. The standard InChI is InChI=1S/C10H14N2O/c1-12-9(5-8-11-12)10(13)6-3-2-4-7-10/h3,5-6,8,13H,2,4,7H2,1H3. The predicted molar refractivity (Wildman–Crippen MR) is 50.1 cm³/mol. The van der Waals surface area contributed by atoms with Gasteiger partial charge in [0, 0.05) is 13.2 Å². The van der Waals surface area contributed by atoms with E-state index < -0.39 is 5.60 Å². The van der Waals surface area contributed by atoms with Crippen molar-refractivity contribution in [3.05, 3.63) is 30.1 Å². The monoisotopic (exact) mass is 178 g/mol. The highest BCUT2D eigenvalue weighted by Gasteiger charge is 2.29. The van der Waals surface area contributed by atoms with Crippen LogP contribution >= 0.6 is 0 Å². The Morgan fingerprint density at radius 1 is 1.62 bits per heavy atom. The van der Waals surface area contributed by atoms with E-state index in [0.29, 0.717) is 0 Å². The summed E-state index contributed by atoms with van der Waals surface area (Å²) in [6.45, 7) is 0. The maximum atomic E-state index is 10.3. The molecular formula is C10H14N2O. The first-order chi connectivity index (χ1) is 6.22. The molecule has 1 N–H and O–H groups in total. The molecule has 0 saturated carbocycles. The van der Waals surface area contributed by atoms with E-state index in [2.05, 4.69) is 5.10 Å². The van der Waals surface area contributed by atoms with Crippen LogP contribution in [0.25, 0.3) is 0 Å². The Morgan fingerprint density at radius 3 is 3.00 bits per heavy atom. The molecule has 70 valence electrons. The van der Waals surface area contributed by atoms with Crippen molar-refractivity contribution in [3.63, 3.8) is 0 Å². The number of aryl methyl sites for hydroxylation is 1. The van der Waals surface area contributed by atoms with E-state index in [0.717, 1.165) is 25.0 Å². The quantitative estimate of drug-likeness (QED) is 0.659. The summed E-state index contributed by atoms with van der Waals surface area (Å²) >= 11 is 0. The molecule has 1 atom stereocenters. The van der Waals surface area contributed by atoms with Crippen LogP contribution in [-0.4, -0.2) is 14.9 Å². The summed E-state index contributed by atoms with van der Waals surface area (Å²) in [7, 11) is 1.86. The lowest BCUT2D eigenvalue weighted by Gasteiger charge is -2.27. The average Bonchev–Trinajstić information content (AvgIpc) is 2.53. The molecule has 1 aromatic rings. The molecule has 0 aliphatic heterocycles. The molecule has 0 spiro atoms. The number of hydrogen-bond donors (Lipinski definition) is 1. The van der Waals surface area contributed by atoms with Crippen molar-refractivity contribution in [1.29, 1.82) is 0 Å². The molecule has 2 rings (SSSR count). The Balaban J connectivity index is 2.38. The Kier molecular flexibility index (Phi) is 1.96. The van der Waals surface area contributed by atoms with Gasteiger partial charge in [0.25, 0.3) is 0 Å². The average molecular weight is 178 g/mol. The lowest BCUT2D eigenvalue weighted by atomic mass is 9.88. The third kappa shape index (κ3) is 1.40. The van der Waals surface area contributed by atoms with Gasteiger partial charge in [0.15, 0.2) is 0 Å². The van der Waals surface area contributed by atoms with E-state index >= 15 is 0 Å². The predicted octanol–water partition coefficient (Wildman–Crippen LogP) is 1.35. The van der Waals surface area contributed by atoms with Crippen molar-refractivity contribution in [2.75, 3.05) is 0 Å². The molecule has 1 heterocycles. The van der Waals surface area contributed by atoms with Gasteiger partial charge in [-0.05, 0) is 25.3 Å². The van der Waals surface area contributed by atoms with Crippen LogP contribution in [0, 0.1) is 0 Å². The van der Waals surface area contributed by atoms with Gasteiger partial charge in [0.1, 0.15) is 5.60 Å². The molecule has 0 saturated heterocycles. The molecule has 1 aliphatic carbocycles. The fourth-order valence-corrected chi connectivity index (χ4v) is 1.86. The van der Waals surface area contributed by atoms with Crippen LogP contribution in [0.3, 0.4) is 0 Å². The molecule has 3 heteroatoms. The number of hydrogen-bond acceptors (Lipinski definition) is 2. The molecule has 3 nitrogen and oxygen atoms in total. The van der Waals surface area contributed by atoms with Crippen molar-refractivity contribution in [1.82, 2.24) is 9.78 Å². The van der Waals surface area contributed by atoms with Crippen LogP contribution in [-0.2, 0) is 12.6 Å². The maximum Gasteiger partial charge on any atom is 0.124 e. The van der Waals surface area contributed by atoms with Gasteiger partial charge in [-0.15, -0.1) is 0 Å².